The van der Waals surface area contributed by atoms with Crippen molar-refractivity contribution in [3.8, 4) is 5.75 Å². The zero-order valence-electron chi connectivity index (χ0n) is 11.6. The molecule has 0 aliphatic rings. The standard InChI is InChI=1S/C15H18BrN3O/c1-10-4-3-5-14(18-10)15(19-17)9-11-8-12(20-2)6-7-13(11)16/h3-8,15,19H,9,17H2,1-2H3. The number of nitrogens with two attached hydrogens (primary N) is 1. The van der Waals surface area contributed by atoms with Gasteiger partial charge in [0.25, 0.3) is 0 Å². The molecular formula is C15H18BrN3O. The summed E-state index contributed by atoms with van der Waals surface area (Å²) >= 11 is 3.56. The fraction of sp³-hybridized carbons (Fsp3) is 0.267. The second kappa shape index (κ2) is 6.83. The first kappa shape index (κ1) is 15.0. The van der Waals surface area contributed by atoms with Gasteiger partial charge in [0.2, 0.25) is 0 Å². The van der Waals surface area contributed by atoms with E-state index in [-0.39, 0.29) is 6.04 Å². The number of aromatic nitrogens is 1. The normalized spacial score (nSPS) is 12.2. The number of nitrogens with one attached hydrogen (secondary N) is 1. The van der Waals surface area contributed by atoms with Gasteiger partial charge in [-0.15, -0.1) is 0 Å². The lowest BCUT2D eigenvalue weighted by Crippen LogP contribution is -2.30. The highest BCUT2D eigenvalue weighted by atomic mass is 79.9. The minimum Gasteiger partial charge on any atom is -0.497 e. The number of rotatable bonds is 5. The summed E-state index contributed by atoms with van der Waals surface area (Å²) in [6, 6.07) is 11.8. The van der Waals surface area contributed by atoms with Gasteiger partial charge in [0.1, 0.15) is 5.75 Å². The average molecular weight is 336 g/mol. The van der Waals surface area contributed by atoms with Crippen molar-refractivity contribution < 1.29 is 4.74 Å². The SMILES string of the molecule is COc1ccc(Br)c(CC(NN)c2cccc(C)n2)c1. The molecule has 0 radical (unpaired) electrons. The smallest absolute Gasteiger partial charge is 0.119 e. The third-order valence-electron chi connectivity index (χ3n) is 3.14. The van der Waals surface area contributed by atoms with Crippen molar-refractivity contribution in [3.05, 3.63) is 57.8 Å². The largest absolute Gasteiger partial charge is 0.497 e. The van der Waals surface area contributed by atoms with E-state index < -0.39 is 0 Å². The third-order valence-corrected chi connectivity index (χ3v) is 3.92. The van der Waals surface area contributed by atoms with Gasteiger partial charge < -0.3 is 4.74 Å². The Bertz CT molecular complexity index is 589. The molecule has 1 unspecified atom stereocenters. The van der Waals surface area contributed by atoms with Crippen LogP contribution in [0.5, 0.6) is 5.75 Å². The summed E-state index contributed by atoms with van der Waals surface area (Å²) in [6.07, 6.45) is 0.727. The van der Waals surface area contributed by atoms with Crippen molar-refractivity contribution in [1.82, 2.24) is 10.4 Å². The van der Waals surface area contributed by atoms with Gasteiger partial charge in [-0.1, -0.05) is 22.0 Å². The molecule has 2 rings (SSSR count). The van der Waals surface area contributed by atoms with E-state index >= 15 is 0 Å². The number of nitrogens with zero attached hydrogens (tertiary/aromatic N) is 1. The summed E-state index contributed by atoms with van der Waals surface area (Å²) in [4.78, 5) is 4.52. The minimum absolute atomic E-state index is 0.0432. The summed E-state index contributed by atoms with van der Waals surface area (Å²) in [5, 5.41) is 0. The van der Waals surface area contributed by atoms with Crippen LogP contribution in [-0.2, 0) is 6.42 Å². The lowest BCUT2D eigenvalue weighted by molar-refractivity contribution is 0.413. The first-order valence-electron chi connectivity index (χ1n) is 6.36. The molecular weight excluding hydrogens is 318 g/mol. The number of pyridine rings is 1. The number of hydrazine groups is 1. The lowest BCUT2D eigenvalue weighted by Gasteiger charge is -2.17. The first-order chi connectivity index (χ1) is 9.63. The van der Waals surface area contributed by atoms with Gasteiger partial charge in [-0.2, -0.15) is 0 Å². The summed E-state index contributed by atoms with van der Waals surface area (Å²) in [7, 11) is 1.66. The van der Waals surface area contributed by atoms with Gasteiger partial charge in [-0.25, -0.2) is 0 Å². The fourth-order valence-corrected chi connectivity index (χ4v) is 2.47. The molecule has 0 amide bonds. The van der Waals surface area contributed by atoms with Crippen LogP contribution >= 0.6 is 15.9 Å². The topological polar surface area (TPSA) is 60.2 Å². The highest BCUT2D eigenvalue weighted by molar-refractivity contribution is 9.10. The Morgan fingerprint density at radius 2 is 2.15 bits per heavy atom. The van der Waals surface area contributed by atoms with Crippen LogP contribution in [0.15, 0.2) is 40.9 Å². The number of hydrogen-bond donors (Lipinski definition) is 2. The fourth-order valence-electron chi connectivity index (χ4n) is 2.06. The second-order valence-electron chi connectivity index (χ2n) is 4.58. The number of methoxy groups -OCH3 is 1. The quantitative estimate of drug-likeness (QED) is 0.651. The molecule has 0 aliphatic carbocycles. The van der Waals surface area contributed by atoms with Gasteiger partial charge in [-0.3, -0.25) is 16.3 Å². The van der Waals surface area contributed by atoms with Crippen LogP contribution in [-0.4, -0.2) is 12.1 Å². The van der Waals surface area contributed by atoms with E-state index in [1.807, 2.05) is 43.3 Å². The molecule has 0 spiro atoms. The zero-order valence-corrected chi connectivity index (χ0v) is 13.1. The Hall–Kier alpha value is -1.43. The maximum atomic E-state index is 5.69. The van der Waals surface area contributed by atoms with Gasteiger partial charge in [0.05, 0.1) is 18.8 Å². The molecule has 4 nitrogen and oxygen atoms in total. The number of halogens is 1. The van der Waals surface area contributed by atoms with Crippen LogP contribution in [0, 0.1) is 6.92 Å². The molecule has 0 bridgehead atoms. The average Bonchev–Trinajstić information content (AvgIpc) is 2.46. The summed E-state index contributed by atoms with van der Waals surface area (Å²) in [6.45, 7) is 1.97. The molecule has 106 valence electrons. The number of ether oxygens (including phenoxy) is 1. The Morgan fingerprint density at radius 3 is 2.80 bits per heavy atom. The van der Waals surface area contributed by atoms with Crippen molar-refractivity contribution in [1.29, 1.82) is 0 Å². The van der Waals surface area contributed by atoms with Crippen LogP contribution in [0.25, 0.3) is 0 Å². The van der Waals surface area contributed by atoms with Crippen molar-refractivity contribution >= 4 is 15.9 Å². The van der Waals surface area contributed by atoms with Crippen molar-refractivity contribution in [2.45, 2.75) is 19.4 Å². The van der Waals surface area contributed by atoms with Gasteiger partial charge in [0.15, 0.2) is 0 Å². The summed E-state index contributed by atoms with van der Waals surface area (Å²) < 4.78 is 6.30. The van der Waals surface area contributed by atoms with E-state index in [1.165, 1.54) is 0 Å². The van der Waals surface area contributed by atoms with Crippen LogP contribution < -0.4 is 16.0 Å². The molecule has 1 aromatic heterocycles. The van der Waals surface area contributed by atoms with E-state index in [0.29, 0.717) is 0 Å². The van der Waals surface area contributed by atoms with E-state index in [1.54, 1.807) is 7.11 Å². The van der Waals surface area contributed by atoms with E-state index in [2.05, 4.69) is 26.3 Å². The number of benzene rings is 1. The molecule has 3 N–H and O–H groups in total. The Morgan fingerprint density at radius 1 is 1.35 bits per heavy atom. The maximum Gasteiger partial charge on any atom is 0.119 e. The van der Waals surface area contributed by atoms with Crippen LogP contribution in [0.4, 0.5) is 0 Å². The highest BCUT2D eigenvalue weighted by Crippen LogP contribution is 2.26. The molecule has 20 heavy (non-hydrogen) atoms. The van der Waals surface area contributed by atoms with Crippen molar-refractivity contribution in [2.24, 2.45) is 5.84 Å². The lowest BCUT2D eigenvalue weighted by atomic mass is 10.0. The monoisotopic (exact) mass is 335 g/mol. The highest BCUT2D eigenvalue weighted by Gasteiger charge is 2.14. The first-order valence-corrected chi connectivity index (χ1v) is 7.15. The third kappa shape index (κ3) is 3.56. The molecule has 1 aromatic carbocycles. The molecule has 2 aromatic rings. The van der Waals surface area contributed by atoms with Crippen molar-refractivity contribution in [2.75, 3.05) is 7.11 Å². The summed E-state index contributed by atoms with van der Waals surface area (Å²) in [5.74, 6) is 6.52. The van der Waals surface area contributed by atoms with Gasteiger partial charge in [-0.05, 0) is 49.2 Å². The predicted octanol–water partition coefficient (Wildman–Crippen LogP) is 2.91. The minimum atomic E-state index is -0.0432. The van der Waals surface area contributed by atoms with Gasteiger partial charge >= 0.3 is 0 Å². The van der Waals surface area contributed by atoms with E-state index in [4.69, 9.17) is 10.6 Å². The van der Waals surface area contributed by atoms with Crippen LogP contribution in [0.3, 0.4) is 0 Å². The van der Waals surface area contributed by atoms with Crippen LogP contribution in [0.1, 0.15) is 23.0 Å². The van der Waals surface area contributed by atoms with Crippen molar-refractivity contribution in [3.63, 3.8) is 0 Å². The predicted molar refractivity (Wildman–Crippen MR) is 83.4 cm³/mol. The second-order valence-corrected chi connectivity index (χ2v) is 5.44. The number of hydrogen-bond acceptors (Lipinski definition) is 4. The molecule has 0 saturated heterocycles. The molecule has 1 atom stereocenters. The van der Waals surface area contributed by atoms with Gasteiger partial charge in [0, 0.05) is 10.2 Å². The van der Waals surface area contributed by atoms with E-state index in [0.717, 1.165) is 33.6 Å². The Kier molecular flexibility index (Phi) is 5.11. The summed E-state index contributed by atoms with van der Waals surface area (Å²) in [5.41, 5.74) is 5.87. The number of aryl methyl sites for hydroxylation is 1. The molecule has 0 fully saturated rings. The molecule has 5 heteroatoms. The molecule has 0 saturated carbocycles. The molecule has 1 heterocycles. The maximum absolute atomic E-state index is 5.69. The Labute approximate surface area is 127 Å². The van der Waals surface area contributed by atoms with E-state index in [9.17, 15) is 0 Å². The molecule has 0 aliphatic heterocycles. The Balaban J connectivity index is 2.26. The zero-order chi connectivity index (χ0) is 14.5. The van der Waals surface area contributed by atoms with Crippen LogP contribution in [0.2, 0.25) is 0 Å².